The summed E-state index contributed by atoms with van der Waals surface area (Å²) in [5, 5.41) is 7.04. The second-order valence-corrected chi connectivity index (χ2v) is 5.81. The molecule has 3 rings (SSSR count). The minimum atomic E-state index is 0.530. The molecule has 2 N–H and O–H groups in total. The van der Waals surface area contributed by atoms with Crippen molar-refractivity contribution >= 4 is 21.7 Å². The summed E-state index contributed by atoms with van der Waals surface area (Å²) in [6.45, 7) is 4.26. The van der Waals surface area contributed by atoms with Gasteiger partial charge in [0.25, 0.3) is 0 Å². The minimum Gasteiger partial charge on any atom is -0.365 e. The number of aryl methyl sites for hydroxylation is 1. The largest absolute Gasteiger partial charge is 0.365 e. The molecule has 2 aliphatic rings. The first-order chi connectivity index (χ1) is 7.70. The summed E-state index contributed by atoms with van der Waals surface area (Å²) in [6.07, 6.45) is 2.71. The van der Waals surface area contributed by atoms with Crippen molar-refractivity contribution in [3.05, 3.63) is 22.3 Å². The van der Waals surface area contributed by atoms with Gasteiger partial charge in [0.05, 0.1) is 5.69 Å². The van der Waals surface area contributed by atoms with Crippen molar-refractivity contribution in [2.45, 2.75) is 25.8 Å². The molecule has 1 aromatic heterocycles. The standard InChI is InChI=1S/C12H16BrN3/c1-8-9(13)2-3-11(15-8)16-10-6-14-7-12(10)4-5-12/h2-3,10,14H,4-7H2,1H3,(H,15,16)/t10-/m1/s1. The first kappa shape index (κ1) is 10.5. The zero-order valence-electron chi connectivity index (χ0n) is 9.39. The molecule has 0 bridgehead atoms. The molecule has 1 saturated heterocycles. The maximum atomic E-state index is 4.54. The zero-order chi connectivity index (χ0) is 11.2. The van der Waals surface area contributed by atoms with Crippen LogP contribution in [0.1, 0.15) is 18.5 Å². The van der Waals surface area contributed by atoms with E-state index in [-0.39, 0.29) is 0 Å². The number of hydrogen-bond acceptors (Lipinski definition) is 3. The number of nitrogens with one attached hydrogen (secondary N) is 2. The molecular formula is C12H16BrN3. The van der Waals surface area contributed by atoms with Crippen molar-refractivity contribution in [3.63, 3.8) is 0 Å². The number of anilines is 1. The van der Waals surface area contributed by atoms with Crippen LogP contribution < -0.4 is 10.6 Å². The average molecular weight is 282 g/mol. The Morgan fingerprint density at radius 1 is 1.50 bits per heavy atom. The Morgan fingerprint density at radius 3 is 3.00 bits per heavy atom. The minimum absolute atomic E-state index is 0.530. The molecule has 0 unspecified atom stereocenters. The number of pyridine rings is 1. The number of hydrogen-bond donors (Lipinski definition) is 2. The van der Waals surface area contributed by atoms with Gasteiger partial charge in [-0.1, -0.05) is 0 Å². The van der Waals surface area contributed by atoms with Gasteiger partial charge in [-0.05, 0) is 47.8 Å². The van der Waals surface area contributed by atoms with E-state index in [1.807, 2.05) is 13.0 Å². The summed E-state index contributed by atoms with van der Waals surface area (Å²) >= 11 is 3.47. The Hall–Kier alpha value is -0.610. The highest BCUT2D eigenvalue weighted by Gasteiger charge is 2.52. The number of halogens is 1. The van der Waals surface area contributed by atoms with E-state index in [0.717, 1.165) is 22.5 Å². The van der Waals surface area contributed by atoms with E-state index in [0.29, 0.717) is 11.5 Å². The highest BCUT2D eigenvalue weighted by molar-refractivity contribution is 9.10. The first-order valence-corrected chi connectivity index (χ1v) is 6.59. The second kappa shape index (κ2) is 3.70. The predicted molar refractivity (Wildman–Crippen MR) is 68.6 cm³/mol. The molecule has 0 aromatic carbocycles. The molecule has 1 aliphatic carbocycles. The molecule has 3 nitrogen and oxygen atoms in total. The predicted octanol–water partition coefficient (Wildman–Crippen LogP) is 2.32. The summed E-state index contributed by atoms with van der Waals surface area (Å²) < 4.78 is 1.07. The van der Waals surface area contributed by atoms with E-state index in [1.54, 1.807) is 0 Å². The van der Waals surface area contributed by atoms with Crippen LogP contribution in [0.4, 0.5) is 5.82 Å². The topological polar surface area (TPSA) is 37.0 Å². The molecule has 1 atom stereocenters. The third-order valence-corrected chi connectivity index (χ3v) is 4.64. The van der Waals surface area contributed by atoms with E-state index in [2.05, 4.69) is 37.6 Å². The van der Waals surface area contributed by atoms with Gasteiger partial charge in [0.15, 0.2) is 0 Å². The Bertz CT molecular complexity index is 415. The van der Waals surface area contributed by atoms with Gasteiger partial charge in [-0.3, -0.25) is 0 Å². The smallest absolute Gasteiger partial charge is 0.126 e. The van der Waals surface area contributed by atoms with Gasteiger partial charge < -0.3 is 10.6 Å². The van der Waals surface area contributed by atoms with Gasteiger partial charge in [-0.2, -0.15) is 0 Å². The van der Waals surface area contributed by atoms with Crippen molar-refractivity contribution in [2.75, 3.05) is 18.4 Å². The molecule has 1 aliphatic heterocycles. The lowest BCUT2D eigenvalue weighted by atomic mass is 10.0. The molecule has 0 radical (unpaired) electrons. The van der Waals surface area contributed by atoms with E-state index in [1.165, 1.54) is 19.4 Å². The van der Waals surface area contributed by atoms with E-state index >= 15 is 0 Å². The highest BCUT2D eigenvalue weighted by Crippen LogP contribution is 2.51. The van der Waals surface area contributed by atoms with E-state index in [4.69, 9.17) is 0 Å². The Morgan fingerprint density at radius 2 is 2.31 bits per heavy atom. The van der Waals surface area contributed by atoms with Gasteiger partial charge in [0, 0.05) is 29.0 Å². The van der Waals surface area contributed by atoms with Crippen molar-refractivity contribution in [3.8, 4) is 0 Å². The van der Waals surface area contributed by atoms with Crippen LogP contribution in [0.15, 0.2) is 16.6 Å². The normalized spacial score (nSPS) is 26.0. The monoisotopic (exact) mass is 281 g/mol. The molecular weight excluding hydrogens is 266 g/mol. The Kier molecular flexibility index (Phi) is 2.44. The van der Waals surface area contributed by atoms with Gasteiger partial charge in [-0.15, -0.1) is 0 Å². The molecule has 1 spiro atoms. The maximum absolute atomic E-state index is 4.54. The lowest BCUT2D eigenvalue weighted by Gasteiger charge is -2.19. The Labute approximate surface area is 104 Å². The highest BCUT2D eigenvalue weighted by atomic mass is 79.9. The molecule has 16 heavy (non-hydrogen) atoms. The summed E-state index contributed by atoms with van der Waals surface area (Å²) in [7, 11) is 0. The third-order valence-electron chi connectivity index (χ3n) is 3.80. The lowest BCUT2D eigenvalue weighted by Crippen LogP contribution is -2.29. The molecule has 1 aromatic rings. The Balaban J connectivity index is 1.76. The van der Waals surface area contributed by atoms with Crippen molar-refractivity contribution in [2.24, 2.45) is 5.41 Å². The molecule has 0 amide bonds. The van der Waals surface area contributed by atoms with Gasteiger partial charge in [0.2, 0.25) is 0 Å². The molecule has 2 fully saturated rings. The van der Waals surface area contributed by atoms with Crippen LogP contribution in [-0.4, -0.2) is 24.1 Å². The van der Waals surface area contributed by atoms with Gasteiger partial charge in [0.1, 0.15) is 5.82 Å². The van der Waals surface area contributed by atoms with Crippen LogP contribution in [0.2, 0.25) is 0 Å². The quantitative estimate of drug-likeness (QED) is 0.874. The summed E-state index contributed by atoms with van der Waals surface area (Å²) in [4.78, 5) is 4.54. The van der Waals surface area contributed by atoms with Crippen LogP contribution in [0.5, 0.6) is 0 Å². The lowest BCUT2D eigenvalue weighted by molar-refractivity contribution is 0.523. The van der Waals surface area contributed by atoms with Crippen LogP contribution in [0.25, 0.3) is 0 Å². The van der Waals surface area contributed by atoms with Gasteiger partial charge >= 0.3 is 0 Å². The van der Waals surface area contributed by atoms with Crippen molar-refractivity contribution < 1.29 is 0 Å². The number of rotatable bonds is 2. The summed E-state index contributed by atoms with van der Waals surface area (Å²) in [5.41, 5.74) is 1.57. The average Bonchev–Trinajstić information content (AvgIpc) is 2.92. The van der Waals surface area contributed by atoms with Gasteiger partial charge in [-0.25, -0.2) is 4.98 Å². The van der Waals surface area contributed by atoms with Crippen LogP contribution in [0.3, 0.4) is 0 Å². The second-order valence-electron chi connectivity index (χ2n) is 4.95. The summed E-state index contributed by atoms with van der Waals surface area (Å²) in [6, 6.07) is 4.67. The maximum Gasteiger partial charge on any atom is 0.126 e. The third kappa shape index (κ3) is 1.74. The molecule has 4 heteroatoms. The molecule has 86 valence electrons. The van der Waals surface area contributed by atoms with Crippen LogP contribution >= 0.6 is 15.9 Å². The van der Waals surface area contributed by atoms with E-state index in [9.17, 15) is 0 Å². The van der Waals surface area contributed by atoms with Crippen molar-refractivity contribution in [1.29, 1.82) is 0 Å². The SMILES string of the molecule is Cc1nc(N[C@@H]2CNCC23CC3)ccc1Br. The fourth-order valence-electron chi connectivity index (χ4n) is 2.50. The zero-order valence-corrected chi connectivity index (χ0v) is 11.0. The van der Waals surface area contributed by atoms with Crippen molar-refractivity contribution in [1.82, 2.24) is 10.3 Å². The van der Waals surface area contributed by atoms with Crippen LogP contribution in [-0.2, 0) is 0 Å². The molecule has 1 saturated carbocycles. The fraction of sp³-hybridized carbons (Fsp3) is 0.583. The van der Waals surface area contributed by atoms with Crippen LogP contribution in [0, 0.1) is 12.3 Å². The fourth-order valence-corrected chi connectivity index (χ4v) is 2.72. The molecule has 2 heterocycles. The number of aromatic nitrogens is 1. The van der Waals surface area contributed by atoms with E-state index < -0.39 is 0 Å². The number of nitrogens with zero attached hydrogens (tertiary/aromatic N) is 1. The first-order valence-electron chi connectivity index (χ1n) is 5.80. The summed E-state index contributed by atoms with van der Waals surface area (Å²) in [5.74, 6) is 1.00.